The lowest BCUT2D eigenvalue weighted by Gasteiger charge is -2.65. The molecule has 4 aliphatic carbocycles. The zero-order valence-corrected chi connectivity index (χ0v) is 20.7. The fourth-order valence-electron chi connectivity index (χ4n) is 9.29. The van der Waals surface area contributed by atoms with Crippen LogP contribution in [0, 0.1) is 39.9 Å². The SMILES string of the molecule is COc1ccccc1C(=O)[C@H]1CC[C@@]2(C)[C@@H]3CC[C@H]4C[C@](C)(O)CC[C@]4(C)[C@H]3CC[C@]12C. The molecule has 5 rings (SSSR count). The summed E-state index contributed by atoms with van der Waals surface area (Å²) in [6, 6.07) is 7.78. The molecule has 32 heavy (non-hydrogen) atoms. The highest BCUT2D eigenvalue weighted by Gasteiger charge is 2.66. The van der Waals surface area contributed by atoms with E-state index in [9.17, 15) is 9.90 Å². The van der Waals surface area contributed by atoms with Gasteiger partial charge in [0.1, 0.15) is 5.75 Å². The van der Waals surface area contributed by atoms with Crippen molar-refractivity contribution < 1.29 is 14.6 Å². The van der Waals surface area contributed by atoms with Gasteiger partial charge in [-0.25, -0.2) is 0 Å². The third-order valence-corrected chi connectivity index (χ3v) is 11.5. The summed E-state index contributed by atoms with van der Waals surface area (Å²) in [5.41, 5.74) is 0.892. The lowest BCUT2D eigenvalue weighted by Crippen LogP contribution is -2.59. The van der Waals surface area contributed by atoms with Crippen LogP contribution in [0.25, 0.3) is 0 Å². The van der Waals surface area contributed by atoms with Crippen molar-refractivity contribution in [2.45, 2.75) is 91.1 Å². The third-order valence-electron chi connectivity index (χ3n) is 11.5. The first kappa shape index (κ1) is 22.4. The van der Waals surface area contributed by atoms with E-state index in [4.69, 9.17) is 4.74 Å². The molecule has 4 fully saturated rings. The summed E-state index contributed by atoms with van der Waals surface area (Å²) in [5.74, 6) is 3.16. The van der Waals surface area contributed by atoms with Gasteiger partial charge < -0.3 is 9.84 Å². The molecule has 0 bridgehead atoms. The molecule has 0 aromatic heterocycles. The van der Waals surface area contributed by atoms with Gasteiger partial charge >= 0.3 is 0 Å². The molecule has 1 N–H and O–H groups in total. The number of para-hydroxylation sites is 1. The molecular weight excluding hydrogens is 396 g/mol. The molecule has 1 aromatic carbocycles. The predicted octanol–water partition coefficient (Wildman–Crippen LogP) is 6.68. The Kier molecular flexibility index (Phi) is 5.14. The van der Waals surface area contributed by atoms with E-state index in [1.807, 2.05) is 31.2 Å². The molecule has 0 heterocycles. The molecule has 0 saturated heterocycles. The van der Waals surface area contributed by atoms with Gasteiger partial charge in [0.15, 0.2) is 5.78 Å². The first-order chi connectivity index (χ1) is 15.1. The molecule has 3 heteroatoms. The van der Waals surface area contributed by atoms with Crippen molar-refractivity contribution in [2.75, 3.05) is 7.11 Å². The van der Waals surface area contributed by atoms with Gasteiger partial charge in [-0.1, -0.05) is 32.9 Å². The van der Waals surface area contributed by atoms with Crippen LogP contribution in [0.4, 0.5) is 0 Å². The maximum absolute atomic E-state index is 13.8. The Hall–Kier alpha value is -1.35. The quantitative estimate of drug-likeness (QED) is 0.536. The number of carbonyl (C=O) groups excluding carboxylic acids is 1. The summed E-state index contributed by atoms with van der Waals surface area (Å²) in [7, 11) is 1.67. The molecule has 176 valence electrons. The molecule has 8 atom stereocenters. The summed E-state index contributed by atoms with van der Waals surface area (Å²) in [4.78, 5) is 13.8. The summed E-state index contributed by atoms with van der Waals surface area (Å²) in [6.07, 6.45) is 10.1. The molecule has 1 aromatic rings. The number of Topliss-reactive ketones (excluding diaryl/α,β-unsaturated/α-hetero) is 1. The predicted molar refractivity (Wildman–Crippen MR) is 128 cm³/mol. The number of methoxy groups -OCH3 is 1. The van der Waals surface area contributed by atoms with E-state index in [1.165, 1.54) is 19.3 Å². The number of ether oxygens (including phenoxy) is 1. The van der Waals surface area contributed by atoms with Crippen LogP contribution in [-0.2, 0) is 0 Å². The van der Waals surface area contributed by atoms with E-state index >= 15 is 0 Å². The summed E-state index contributed by atoms with van der Waals surface area (Å²) in [5, 5.41) is 10.8. The third kappa shape index (κ3) is 2.99. The van der Waals surface area contributed by atoms with Crippen molar-refractivity contribution in [3.63, 3.8) is 0 Å². The number of fused-ring (bicyclic) bond motifs is 5. The highest BCUT2D eigenvalue weighted by atomic mass is 16.5. The minimum Gasteiger partial charge on any atom is -0.496 e. The lowest BCUT2D eigenvalue weighted by atomic mass is 9.40. The fraction of sp³-hybridized carbons (Fsp3) is 0.759. The first-order valence-corrected chi connectivity index (χ1v) is 13.0. The minimum absolute atomic E-state index is 0.0511. The number of benzene rings is 1. The Balaban J connectivity index is 1.45. The highest BCUT2D eigenvalue weighted by molar-refractivity contribution is 6.01. The molecule has 3 nitrogen and oxygen atoms in total. The lowest BCUT2D eigenvalue weighted by molar-refractivity contribution is -0.172. The van der Waals surface area contributed by atoms with Crippen molar-refractivity contribution in [1.29, 1.82) is 0 Å². The van der Waals surface area contributed by atoms with Crippen LogP contribution in [0.15, 0.2) is 24.3 Å². The average molecular weight is 439 g/mol. The number of aliphatic hydroxyl groups is 1. The van der Waals surface area contributed by atoms with E-state index in [-0.39, 0.29) is 16.7 Å². The van der Waals surface area contributed by atoms with Gasteiger partial charge in [0.2, 0.25) is 0 Å². The monoisotopic (exact) mass is 438 g/mol. The Bertz CT molecular complexity index is 905. The topological polar surface area (TPSA) is 46.5 Å². The van der Waals surface area contributed by atoms with Gasteiger partial charge in [0.25, 0.3) is 0 Å². The molecule has 0 radical (unpaired) electrons. The van der Waals surface area contributed by atoms with Crippen molar-refractivity contribution in [1.82, 2.24) is 0 Å². The highest BCUT2D eigenvalue weighted by Crippen LogP contribution is 2.73. The number of ketones is 1. The van der Waals surface area contributed by atoms with Crippen LogP contribution < -0.4 is 4.74 Å². The zero-order chi connectivity index (χ0) is 22.9. The van der Waals surface area contributed by atoms with Gasteiger partial charge in [-0.3, -0.25) is 4.79 Å². The van der Waals surface area contributed by atoms with E-state index in [0.29, 0.717) is 28.8 Å². The van der Waals surface area contributed by atoms with Crippen LogP contribution in [0.1, 0.15) is 95.8 Å². The van der Waals surface area contributed by atoms with Crippen LogP contribution in [0.5, 0.6) is 5.75 Å². The summed E-state index contributed by atoms with van der Waals surface area (Å²) >= 11 is 0. The van der Waals surface area contributed by atoms with Gasteiger partial charge in [-0.2, -0.15) is 0 Å². The van der Waals surface area contributed by atoms with Crippen molar-refractivity contribution in [3.8, 4) is 5.75 Å². The van der Waals surface area contributed by atoms with Gasteiger partial charge in [-0.05, 0) is 111 Å². The Labute approximate surface area is 194 Å². The maximum Gasteiger partial charge on any atom is 0.170 e. The fourth-order valence-corrected chi connectivity index (χ4v) is 9.29. The van der Waals surface area contributed by atoms with Gasteiger partial charge in [0.05, 0.1) is 18.3 Å². The maximum atomic E-state index is 13.8. The molecular formula is C29H42O3. The normalized spacial score (nSPS) is 47.8. The van der Waals surface area contributed by atoms with Crippen molar-refractivity contribution in [2.24, 2.45) is 39.9 Å². The van der Waals surface area contributed by atoms with Crippen LogP contribution in [0.3, 0.4) is 0 Å². The van der Waals surface area contributed by atoms with Crippen LogP contribution in [0.2, 0.25) is 0 Å². The minimum atomic E-state index is -0.482. The summed E-state index contributed by atoms with van der Waals surface area (Å²) in [6.45, 7) is 9.56. The molecule has 4 aliphatic rings. The van der Waals surface area contributed by atoms with Crippen LogP contribution >= 0.6 is 0 Å². The zero-order valence-electron chi connectivity index (χ0n) is 20.7. The average Bonchev–Trinajstić information content (AvgIpc) is 3.05. The van der Waals surface area contributed by atoms with Crippen molar-refractivity contribution >= 4 is 5.78 Å². The van der Waals surface area contributed by atoms with E-state index < -0.39 is 5.60 Å². The van der Waals surface area contributed by atoms with E-state index in [1.54, 1.807) is 7.11 Å². The number of hydrogen-bond acceptors (Lipinski definition) is 3. The molecule has 0 unspecified atom stereocenters. The largest absolute Gasteiger partial charge is 0.496 e. The van der Waals surface area contributed by atoms with Gasteiger partial charge in [-0.15, -0.1) is 0 Å². The van der Waals surface area contributed by atoms with Gasteiger partial charge in [0, 0.05) is 5.92 Å². The number of carbonyl (C=O) groups is 1. The van der Waals surface area contributed by atoms with E-state index in [2.05, 4.69) is 20.8 Å². The van der Waals surface area contributed by atoms with Crippen LogP contribution in [-0.4, -0.2) is 23.6 Å². The smallest absolute Gasteiger partial charge is 0.170 e. The summed E-state index contributed by atoms with van der Waals surface area (Å²) < 4.78 is 5.55. The molecule has 0 spiro atoms. The Morgan fingerprint density at radius 3 is 2.38 bits per heavy atom. The molecule has 4 saturated carbocycles. The molecule has 0 aliphatic heterocycles. The number of rotatable bonds is 3. The van der Waals surface area contributed by atoms with E-state index in [0.717, 1.165) is 50.0 Å². The Morgan fingerprint density at radius 2 is 1.62 bits per heavy atom. The second-order valence-electron chi connectivity index (χ2n) is 12.7. The first-order valence-electron chi connectivity index (χ1n) is 13.0. The second-order valence-corrected chi connectivity index (χ2v) is 12.7. The van der Waals surface area contributed by atoms with Crippen molar-refractivity contribution in [3.05, 3.63) is 29.8 Å². The number of hydrogen-bond donors (Lipinski definition) is 1. The Morgan fingerprint density at radius 1 is 0.906 bits per heavy atom. The standard InChI is InChI=1S/C29H42O3/c1-26(31)16-17-27(2)19(18-26)10-11-22-21(27)12-14-29(4)23(13-15-28(22,29)3)25(30)20-8-6-7-9-24(20)32-5/h6-9,19,21-23,31H,10-18H2,1-5H3/t19-,21-,22+,23+,26+,27-,28-,29+/m0/s1. The molecule has 0 amide bonds. The second kappa shape index (κ2) is 7.32.